The minimum absolute atomic E-state index is 0.112. The van der Waals surface area contributed by atoms with E-state index in [-0.39, 0.29) is 5.56 Å². The van der Waals surface area contributed by atoms with Gasteiger partial charge in [0.05, 0.1) is 12.2 Å². The molecule has 0 saturated carbocycles. The van der Waals surface area contributed by atoms with Crippen molar-refractivity contribution in [1.82, 2.24) is 0 Å². The number of hydrogen-bond donors (Lipinski definition) is 2. The number of anilines is 1. The molecule has 0 atom stereocenters. The van der Waals surface area contributed by atoms with E-state index in [2.05, 4.69) is 0 Å². The number of aromatic carboxylic acids is 1. The minimum Gasteiger partial charge on any atom is -0.493 e. The van der Waals surface area contributed by atoms with Crippen molar-refractivity contribution in [2.75, 3.05) is 12.3 Å². The average molecular weight is 179 g/mol. The van der Waals surface area contributed by atoms with Gasteiger partial charge < -0.3 is 15.6 Å². The van der Waals surface area contributed by atoms with Gasteiger partial charge in [0.25, 0.3) is 0 Å². The first-order chi connectivity index (χ1) is 6.18. The Morgan fingerprint density at radius 1 is 1.54 bits per heavy atom. The zero-order valence-corrected chi connectivity index (χ0v) is 6.91. The lowest BCUT2D eigenvalue weighted by atomic mass is 10.1. The van der Waals surface area contributed by atoms with E-state index in [1.807, 2.05) is 0 Å². The molecular formula is C9H9NO3. The van der Waals surface area contributed by atoms with Crippen LogP contribution in [0.25, 0.3) is 0 Å². The van der Waals surface area contributed by atoms with E-state index in [1.165, 1.54) is 6.07 Å². The fraction of sp³-hybridized carbons (Fsp3) is 0.222. The molecular weight excluding hydrogens is 170 g/mol. The Balaban J connectivity index is 2.55. The highest BCUT2D eigenvalue weighted by Crippen LogP contribution is 2.29. The molecule has 1 aromatic rings. The summed E-state index contributed by atoms with van der Waals surface area (Å²) in [6.07, 6.45) is 0.805. The van der Waals surface area contributed by atoms with Crippen molar-refractivity contribution < 1.29 is 14.6 Å². The summed E-state index contributed by atoms with van der Waals surface area (Å²) in [6, 6.07) is 3.16. The molecule has 0 spiro atoms. The van der Waals surface area contributed by atoms with Crippen molar-refractivity contribution in [2.24, 2.45) is 0 Å². The third-order valence-electron chi connectivity index (χ3n) is 2.09. The summed E-state index contributed by atoms with van der Waals surface area (Å²) < 4.78 is 5.23. The van der Waals surface area contributed by atoms with Crippen LogP contribution in [0.3, 0.4) is 0 Å². The van der Waals surface area contributed by atoms with Crippen molar-refractivity contribution >= 4 is 11.7 Å². The number of carboxylic acids is 1. The molecule has 4 nitrogen and oxygen atoms in total. The predicted octanol–water partition coefficient (Wildman–Crippen LogP) is 0.902. The highest BCUT2D eigenvalue weighted by molar-refractivity contribution is 5.94. The van der Waals surface area contributed by atoms with E-state index >= 15 is 0 Å². The molecule has 13 heavy (non-hydrogen) atoms. The van der Waals surface area contributed by atoms with Gasteiger partial charge in [-0.2, -0.15) is 0 Å². The van der Waals surface area contributed by atoms with Crippen LogP contribution in [0.1, 0.15) is 15.9 Å². The molecule has 68 valence electrons. The molecule has 2 rings (SSSR count). The summed E-state index contributed by atoms with van der Waals surface area (Å²) in [5, 5.41) is 8.76. The lowest BCUT2D eigenvalue weighted by Gasteiger charge is -2.03. The quantitative estimate of drug-likeness (QED) is 0.628. The number of hydrogen-bond acceptors (Lipinski definition) is 3. The molecule has 1 aromatic carbocycles. The summed E-state index contributed by atoms with van der Waals surface area (Å²) in [6.45, 7) is 0.609. The van der Waals surface area contributed by atoms with Crippen molar-refractivity contribution in [3.05, 3.63) is 23.3 Å². The van der Waals surface area contributed by atoms with Crippen LogP contribution >= 0.6 is 0 Å². The van der Waals surface area contributed by atoms with E-state index in [4.69, 9.17) is 15.6 Å². The zero-order valence-electron chi connectivity index (χ0n) is 6.91. The van der Waals surface area contributed by atoms with Gasteiger partial charge in [0.15, 0.2) is 0 Å². The maximum absolute atomic E-state index is 10.7. The largest absolute Gasteiger partial charge is 0.493 e. The van der Waals surface area contributed by atoms with Crippen LogP contribution in [0.5, 0.6) is 5.75 Å². The van der Waals surface area contributed by atoms with Gasteiger partial charge in [-0.15, -0.1) is 0 Å². The van der Waals surface area contributed by atoms with E-state index in [0.717, 1.165) is 12.0 Å². The molecule has 1 aliphatic heterocycles. The first-order valence-corrected chi connectivity index (χ1v) is 3.97. The molecule has 0 aliphatic carbocycles. The Kier molecular flexibility index (Phi) is 1.62. The Morgan fingerprint density at radius 2 is 2.31 bits per heavy atom. The fourth-order valence-electron chi connectivity index (χ4n) is 1.43. The van der Waals surface area contributed by atoms with Crippen molar-refractivity contribution in [2.45, 2.75) is 6.42 Å². The smallest absolute Gasteiger partial charge is 0.337 e. The highest BCUT2D eigenvalue weighted by atomic mass is 16.5. The van der Waals surface area contributed by atoms with Gasteiger partial charge in [0, 0.05) is 12.1 Å². The maximum Gasteiger partial charge on any atom is 0.337 e. The van der Waals surface area contributed by atoms with E-state index in [1.54, 1.807) is 6.07 Å². The second-order valence-electron chi connectivity index (χ2n) is 2.95. The summed E-state index contributed by atoms with van der Waals surface area (Å²) >= 11 is 0. The number of carboxylic acid groups (broad SMARTS) is 1. The van der Waals surface area contributed by atoms with Gasteiger partial charge >= 0.3 is 5.97 Å². The number of rotatable bonds is 1. The van der Waals surface area contributed by atoms with Crippen LogP contribution in [0.4, 0.5) is 5.69 Å². The van der Waals surface area contributed by atoms with Crippen molar-refractivity contribution in [3.63, 3.8) is 0 Å². The molecule has 0 fully saturated rings. The number of benzene rings is 1. The molecule has 3 N–H and O–H groups in total. The second kappa shape index (κ2) is 2.65. The molecule has 0 unspecified atom stereocenters. The number of carbonyl (C=O) groups is 1. The van der Waals surface area contributed by atoms with Gasteiger partial charge in [-0.05, 0) is 17.7 Å². The number of nitrogen functional groups attached to an aromatic ring is 1. The summed E-state index contributed by atoms with van der Waals surface area (Å²) in [5.74, 6) is -0.373. The minimum atomic E-state index is -1.02. The van der Waals surface area contributed by atoms with Crippen molar-refractivity contribution in [3.8, 4) is 5.75 Å². The Bertz CT molecular complexity index is 373. The molecule has 4 heteroatoms. The molecule has 1 heterocycles. The van der Waals surface area contributed by atoms with Gasteiger partial charge in [-0.25, -0.2) is 4.79 Å². The van der Waals surface area contributed by atoms with Gasteiger partial charge in [-0.1, -0.05) is 0 Å². The zero-order chi connectivity index (χ0) is 9.42. The summed E-state index contributed by atoms with van der Waals surface area (Å²) in [7, 11) is 0. The summed E-state index contributed by atoms with van der Waals surface area (Å²) in [5.41, 5.74) is 6.96. The summed E-state index contributed by atoms with van der Waals surface area (Å²) in [4.78, 5) is 10.7. The van der Waals surface area contributed by atoms with Crippen LogP contribution < -0.4 is 10.5 Å². The Hall–Kier alpha value is -1.71. The molecule has 1 aliphatic rings. The van der Waals surface area contributed by atoms with Crippen LogP contribution in [0.15, 0.2) is 12.1 Å². The molecule has 0 saturated heterocycles. The predicted molar refractivity (Wildman–Crippen MR) is 47.0 cm³/mol. The normalized spacial score (nSPS) is 13.5. The Morgan fingerprint density at radius 3 is 3.00 bits per heavy atom. The third-order valence-corrected chi connectivity index (χ3v) is 2.09. The van der Waals surface area contributed by atoms with Gasteiger partial charge in [0.1, 0.15) is 5.75 Å². The molecule has 0 radical (unpaired) electrons. The van der Waals surface area contributed by atoms with E-state index < -0.39 is 5.97 Å². The number of ether oxygens (including phenoxy) is 1. The fourth-order valence-corrected chi connectivity index (χ4v) is 1.43. The van der Waals surface area contributed by atoms with Gasteiger partial charge in [0.2, 0.25) is 0 Å². The van der Waals surface area contributed by atoms with Crippen LogP contribution in [0.2, 0.25) is 0 Å². The first-order valence-electron chi connectivity index (χ1n) is 3.97. The SMILES string of the molecule is Nc1cc2c(cc1C(=O)O)OCC2. The number of fused-ring (bicyclic) bond motifs is 1. The molecule has 0 aromatic heterocycles. The van der Waals surface area contributed by atoms with Crippen LogP contribution in [-0.2, 0) is 6.42 Å². The van der Waals surface area contributed by atoms with Crippen LogP contribution in [-0.4, -0.2) is 17.7 Å². The Labute approximate surface area is 74.9 Å². The standard InChI is InChI=1S/C9H9NO3/c10-7-3-5-1-2-13-8(5)4-6(7)9(11)12/h3-4H,1-2,10H2,(H,11,12). The third kappa shape index (κ3) is 1.20. The lowest BCUT2D eigenvalue weighted by molar-refractivity contribution is 0.0697. The lowest BCUT2D eigenvalue weighted by Crippen LogP contribution is -2.02. The van der Waals surface area contributed by atoms with Crippen LogP contribution in [0, 0.1) is 0 Å². The average Bonchev–Trinajstić information content (AvgIpc) is 2.48. The number of nitrogens with two attached hydrogens (primary N) is 1. The van der Waals surface area contributed by atoms with Gasteiger partial charge in [-0.3, -0.25) is 0 Å². The van der Waals surface area contributed by atoms with Crippen molar-refractivity contribution in [1.29, 1.82) is 0 Å². The topological polar surface area (TPSA) is 72.6 Å². The maximum atomic E-state index is 10.7. The van der Waals surface area contributed by atoms with E-state index in [0.29, 0.717) is 18.0 Å². The monoisotopic (exact) mass is 179 g/mol. The highest BCUT2D eigenvalue weighted by Gasteiger charge is 2.17. The molecule has 0 bridgehead atoms. The second-order valence-corrected chi connectivity index (χ2v) is 2.95. The molecule has 0 amide bonds. The first kappa shape index (κ1) is 7.91. The van der Waals surface area contributed by atoms with E-state index in [9.17, 15) is 4.79 Å².